The van der Waals surface area contributed by atoms with Crippen LogP contribution >= 0.6 is 0 Å². The molecule has 0 aliphatic carbocycles. The van der Waals surface area contributed by atoms with Gasteiger partial charge in [0.2, 0.25) is 0 Å². The van der Waals surface area contributed by atoms with Crippen LogP contribution in [0.2, 0.25) is 0 Å². The first-order valence-electron chi connectivity index (χ1n) is 5.61. The number of likely N-dealkylation sites (N-methyl/N-ethyl adjacent to an activating group) is 1. The van der Waals surface area contributed by atoms with Crippen molar-refractivity contribution in [3.05, 3.63) is 35.6 Å². The van der Waals surface area contributed by atoms with Gasteiger partial charge in [0.25, 0.3) is 0 Å². The fourth-order valence-electron chi connectivity index (χ4n) is 1.72. The molecule has 1 atom stereocenters. The fourth-order valence-corrected chi connectivity index (χ4v) is 1.72. The summed E-state index contributed by atoms with van der Waals surface area (Å²) in [7, 11) is 0. The van der Waals surface area contributed by atoms with Crippen molar-refractivity contribution in [3.63, 3.8) is 0 Å². The molecule has 0 amide bonds. The smallest absolute Gasteiger partial charge is 0.123 e. The number of hydrogen-bond donors (Lipinski definition) is 1. The third kappa shape index (κ3) is 4.00. The fraction of sp³-hybridized carbons (Fsp3) is 0.538. The average molecular weight is 209 g/mol. The lowest BCUT2D eigenvalue weighted by molar-refractivity contribution is 0.405. The summed E-state index contributed by atoms with van der Waals surface area (Å²) >= 11 is 0. The second kappa shape index (κ2) is 5.86. The van der Waals surface area contributed by atoms with E-state index in [1.807, 2.05) is 6.07 Å². The molecule has 1 aromatic rings. The van der Waals surface area contributed by atoms with E-state index in [-0.39, 0.29) is 5.82 Å². The first-order chi connectivity index (χ1) is 7.13. The van der Waals surface area contributed by atoms with Crippen LogP contribution in [0, 0.1) is 11.7 Å². The molecule has 0 aliphatic heterocycles. The second-order valence-electron chi connectivity index (χ2n) is 4.24. The maximum absolute atomic E-state index is 13.0. The van der Waals surface area contributed by atoms with Crippen LogP contribution in [0.5, 0.6) is 0 Å². The van der Waals surface area contributed by atoms with Crippen LogP contribution in [-0.2, 0) is 6.42 Å². The Balaban J connectivity index is 2.65. The number of halogens is 1. The Hall–Kier alpha value is -0.890. The van der Waals surface area contributed by atoms with Crippen LogP contribution in [-0.4, -0.2) is 12.6 Å². The first-order valence-corrected chi connectivity index (χ1v) is 5.61. The van der Waals surface area contributed by atoms with Crippen molar-refractivity contribution in [2.45, 2.75) is 33.2 Å². The van der Waals surface area contributed by atoms with Gasteiger partial charge < -0.3 is 5.32 Å². The third-order valence-electron chi connectivity index (χ3n) is 2.62. The van der Waals surface area contributed by atoms with Gasteiger partial charge in [0.1, 0.15) is 5.82 Å². The molecule has 2 heteroatoms. The minimum atomic E-state index is -0.147. The third-order valence-corrected chi connectivity index (χ3v) is 2.62. The number of benzene rings is 1. The molecule has 0 saturated carbocycles. The molecule has 0 heterocycles. The van der Waals surface area contributed by atoms with Crippen molar-refractivity contribution in [2.24, 2.45) is 5.92 Å². The van der Waals surface area contributed by atoms with E-state index >= 15 is 0 Å². The lowest BCUT2D eigenvalue weighted by Crippen LogP contribution is -2.35. The Labute approximate surface area is 91.7 Å². The van der Waals surface area contributed by atoms with Gasteiger partial charge in [0.05, 0.1) is 0 Å². The predicted octanol–water partition coefficient (Wildman–Crippen LogP) is 3.00. The van der Waals surface area contributed by atoms with Gasteiger partial charge in [-0.25, -0.2) is 4.39 Å². The van der Waals surface area contributed by atoms with Gasteiger partial charge in [-0.2, -0.15) is 0 Å². The monoisotopic (exact) mass is 209 g/mol. The van der Waals surface area contributed by atoms with Crippen LogP contribution in [0.3, 0.4) is 0 Å². The largest absolute Gasteiger partial charge is 0.314 e. The molecule has 0 aromatic heterocycles. The standard InChI is InChI=1S/C13H20FN/c1-4-15-13(10(2)3)9-11-6-5-7-12(14)8-11/h5-8,10,13,15H,4,9H2,1-3H3. The number of nitrogens with one attached hydrogen (secondary N) is 1. The zero-order valence-electron chi connectivity index (χ0n) is 9.76. The summed E-state index contributed by atoms with van der Waals surface area (Å²) in [6.07, 6.45) is 0.892. The van der Waals surface area contributed by atoms with Crippen molar-refractivity contribution in [2.75, 3.05) is 6.54 Å². The van der Waals surface area contributed by atoms with E-state index in [1.165, 1.54) is 6.07 Å². The van der Waals surface area contributed by atoms with Crippen molar-refractivity contribution >= 4 is 0 Å². The summed E-state index contributed by atoms with van der Waals surface area (Å²) in [5.74, 6) is 0.416. The molecule has 0 radical (unpaired) electrons. The van der Waals surface area contributed by atoms with E-state index in [0.717, 1.165) is 18.5 Å². The van der Waals surface area contributed by atoms with E-state index in [9.17, 15) is 4.39 Å². The topological polar surface area (TPSA) is 12.0 Å². The van der Waals surface area contributed by atoms with Crippen molar-refractivity contribution in [3.8, 4) is 0 Å². The Bertz CT molecular complexity index is 296. The molecule has 1 nitrogen and oxygen atoms in total. The van der Waals surface area contributed by atoms with Gasteiger partial charge in [0, 0.05) is 6.04 Å². The Kier molecular flexibility index (Phi) is 4.76. The molecule has 1 rings (SSSR count). The summed E-state index contributed by atoms with van der Waals surface area (Å²) in [5.41, 5.74) is 1.06. The molecule has 0 fully saturated rings. The predicted molar refractivity (Wildman–Crippen MR) is 62.4 cm³/mol. The highest BCUT2D eigenvalue weighted by atomic mass is 19.1. The maximum atomic E-state index is 13.0. The van der Waals surface area contributed by atoms with E-state index in [2.05, 4.69) is 26.1 Å². The summed E-state index contributed by atoms with van der Waals surface area (Å²) in [6, 6.07) is 7.29. The SMILES string of the molecule is CCNC(Cc1cccc(F)c1)C(C)C. The van der Waals surface area contributed by atoms with Gasteiger partial charge in [-0.05, 0) is 36.6 Å². The molecule has 0 spiro atoms. The minimum absolute atomic E-state index is 0.147. The zero-order chi connectivity index (χ0) is 11.3. The molecule has 84 valence electrons. The summed E-state index contributed by atoms with van der Waals surface area (Å²) in [4.78, 5) is 0. The van der Waals surface area contributed by atoms with Gasteiger partial charge in [-0.3, -0.25) is 0 Å². The van der Waals surface area contributed by atoms with E-state index < -0.39 is 0 Å². The summed E-state index contributed by atoms with van der Waals surface area (Å²) in [6.45, 7) is 7.43. The zero-order valence-corrected chi connectivity index (χ0v) is 9.76. The highest BCUT2D eigenvalue weighted by Crippen LogP contribution is 2.11. The molecule has 0 aliphatic rings. The van der Waals surface area contributed by atoms with E-state index in [0.29, 0.717) is 12.0 Å². The van der Waals surface area contributed by atoms with Crippen LogP contribution in [0.25, 0.3) is 0 Å². The normalized spacial score (nSPS) is 13.1. The Morgan fingerprint density at radius 3 is 2.60 bits per heavy atom. The van der Waals surface area contributed by atoms with Crippen LogP contribution in [0.4, 0.5) is 4.39 Å². The molecule has 0 saturated heterocycles. The van der Waals surface area contributed by atoms with E-state index in [4.69, 9.17) is 0 Å². The molecule has 0 bridgehead atoms. The Morgan fingerprint density at radius 1 is 1.33 bits per heavy atom. The van der Waals surface area contributed by atoms with Crippen LogP contribution < -0.4 is 5.32 Å². The van der Waals surface area contributed by atoms with Crippen molar-refractivity contribution in [1.29, 1.82) is 0 Å². The molecule has 15 heavy (non-hydrogen) atoms. The van der Waals surface area contributed by atoms with Crippen molar-refractivity contribution in [1.82, 2.24) is 5.32 Å². The lowest BCUT2D eigenvalue weighted by atomic mass is 9.96. The Morgan fingerprint density at radius 2 is 2.07 bits per heavy atom. The number of hydrogen-bond acceptors (Lipinski definition) is 1. The summed E-state index contributed by atoms with van der Waals surface area (Å²) in [5, 5.41) is 3.43. The van der Waals surface area contributed by atoms with Crippen LogP contribution in [0.15, 0.2) is 24.3 Å². The van der Waals surface area contributed by atoms with Crippen LogP contribution in [0.1, 0.15) is 26.3 Å². The highest BCUT2D eigenvalue weighted by Gasteiger charge is 2.12. The van der Waals surface area contributed by atoms with Crippen molar-refractivity contribution < 1.29 is 4.39 Å². The molecule has 1 aromatic carbocycles. The van der Waals surface area contributed by atoms with E-state index in [1.54, 1.807) is 12.1 Å². The van der Waals surface area contributed by atoms with Gasteiger partial charge in [0.15, 0.2) is 0 Å². The minimum Gasteiger partial charge on any atom is -0.314 e. The molecule has 1 unspecified atom stereocenters. The summed E-state index contributed by atoms with van der Waals surface area (Å²) < 4.78 is 13.0. The van der Waals surface area contributed by atoms with Gasteiger partial charge in [-0.15, -0.1) is 0 Å². The molecular weight excluding hydrogens is 189 g/mol. The average Bonchev–Trinajstić information content (AvgIpc) is 2.17. The highest BCUT2D eigenvalue weighted by molar-refractivity contribution is 5.17. The molecule has 1 N–H and O–H groups in total. The maximum Gasteiger partial charge on any atom is 0.123 e. The quantitative estimate of drug-likeness (QED) is 0.786. The number of rotatable bonds is 5. The second-order valence-corrected chi connectivity index (χ2v) is 4.24. The first kappa shape index (κ1) is 12.2. The van der Waals surface area contributed by atoms with Gasteiger partial charge >= 0.3 is 0 Å². The lowest BCUT2D eigenvalue weighted by Gasteiger charge is -2.21. The molecular formula is C13H20FN. The van der Waals surface area contributed by atoms with Gasteiger partial charge in [-0.1, -0.05) is 32.9 Å².